The second-order valence-corrected chi connectivity index (χ2v) is 9.36. The molecular weight excluding hydrogens is 500 g/mol. The van der Waals surface area contributed by atoms with Gasteiger partial charge in [0, 0.05) is 39.2 Å². The SMILES string of the molecule is CCN(C)C(=O)c1ccc(C(=O)OC[C@H]2C[C@@H](c3ccc(OC(F)F)c(OC(C)C)c3)CN2C(C)=O)nc1. The first-order chi connectivity index (χ1) is 18.0. The molecule has 206 valence electrons. The van der Waals surface area contributed by atoms with Crippen LogP contribution in [0.3, 0.4) is 0 Å². The van der Waals surface area contributed by atoms with Crippen LogP contribution in [-0.2, 0) is 9.53 Å². The number of carbonyl (C=O) groups is 3. The maximum atomic E-state index is 12.8. The number of hydrogen-bond acceptors (Lipinski definition) is 7. The second kappa shape index (κ2) is 12.7. The van der Waals surface area contributed by atoms with Crippen molar-refractivity contribution in [2.45, 2.75) is 58.8 Å². The van der Waals surface area contributed by atoms with Crippen LogP contribution in [-0.4, -0.2) is 78.1 Å². The molecule has 0 saturated carbocycles. The maximum Gasteiger partial charge on any atom is 0.387 e. The van der Waals surface area contributed by atoms with E-state index in [1.165, 1.54) is 36.2 Å². The quantitative estimate of drug-likeness (QED) is 0.424. The number of esters is 1. The Labute approximate surface area is 220 Å². The number of halogens is 2. The van der Waals surface area contributed by atoms with Gasteiger partial charge in [-0.05, 0) is 57.0 Å². The normalized spacial score (nSPS) is 17.0. The number of aromatic nitrogens is 1. The fourth-order valence-electron chi connectivity index (χ4n) is 4.27. The predicted molar refractivity (Wildman–Crippen MR) is 135 cm³/mol. The topological polar surface area (TPSA) is 98.3 Å². The van der Waals surface area contributed by atoms with Crippen LogP contribution in [0.25, 0.3) is 0 Å². The van der Waals surface area contributed by atoms with Crippen LogP contribution < -0.4 is 9.47 Å². The smallest absolute Gasteiger partial charge is 0.387 e. The number of benzene rings is 1. The highest BCUT2D eigenvalue weighted by Crippen LogP contribution is 2.38. The van der Waals surface area contributed by atoms with E-state index < -0.39 is 12.6 Å². The molecule has 3 rings (SSSR count). The van der Waals surface area contributed by atoms with E-state index in [9.17, 15) is 23.2 Å². The average molecular weight is 534 g/mol. The van der Waals surface area contributed by atoms with Crippen LogP contribution in [0.2, 0.25) is 0 Å². The van der Waals surface area contributed by atoms with Crippen LogP contribution in [0.15, 0.2) is 36.5 Å². The minimum absolute atomic E-state index is 0.0439. The summed E-state index contributed by atoms with van der Waals surface area (Å²) in [6, 6.07) is 7.32. The van der Waals surface area contributed by atoms with Crippen LogP contribution in [0, 0.1) is 0 Å². The first-order valence-corrected chi connectivity index (χ1v) is 12.4. The lowest BCUT2D eigenvalue weighted by molar-refractivity contribution is -0.130. The van der Waals surface area contributed by atoms with Gasteiger partial charge in [-0.2, -0.15) is 8.78 Å². The molecule has 11 heteroatoms. The van der Waals surface area contributed by atoms with Crippen molar-refractivity contribution in [1.29, 1.82) is 0 Å². The average Bonchev–Trinajstić information content (AvgIpc) is 3.31. The van der Waals surface area contributed by atoms with E-state index in [2.05, 4.69) is 9.72 Å². The van der Waals surface area contributed by atoms with Crippen molar-refractivity contribution in [3.8, 4) is 11.5 Å². The lowest BCUT2D eigenvalue weighted by Gasteiger charge is -2.22. The van der Waals surface area contributed by atoms with E-state index in [-0.39, 0.29) is 53.7 Å². The molecule has 9 nitrogen and oxygen atoms in total. The van der Waals surface area contributed by atoms with Crippen LogP contribution in [0.4, 0.5) is 8.78 Å². The summed E-state index contributed by atoms with van der Waals surface area (Å²) >= 11 is 0. The third kappa shape index (κ3) is 7.17. The summed E-state index contributed by atoms with van der Waals surface area (Å²) in [5.74, 6) is -1.04. The minimum atomic E-state index is -2.99. The summed E-state index contributed by atoms with van der Waals surface area (Å²) in [6.45, 7) is 4.72. The summed E-state index contributed by atoms with van der Waals surface area (Å²) in [5, 5.41) is 0. The molecule has 0 bridgehead atoms. The van der Waals surface area contributed by atoms with Crippen molar-refractivity contribution in [1.82, 2.24) is 14.8 Å². The molecule has 0 spiro atoms. The number of alkyl halides is 2. The van der Waals surface area contributed by atoms with Crippen LogP contribution in [0.1, 0.15) is 66.4 Å². The standard InChI is InChI=1S/C27H33F2N3O6/c1-6-31(5)25(34)19-7-9-22(30-13-19)26(35)36-15-21-11-20(14-32(21)17(4)33)18-8-10-23(38-27(28)29)24(12-18)37-16(2)3/h7-10,12-13,16,20-21,27H,6,11,14-15H2,1-5H3/t20-,21-/m1/s1. The zero-order chi connectivity index (χ0) is 28.0. The van der Waals surface area contributed by atoms with E-state index in [0.717, 1.165) is 5.56 Å². The van der Waals surface area contributed by atoms with Crippen LogP contribution in [0.5, 0.6) is 11.5 Å². The first-order valence-electron chi connectivity index (χ1n) is 12.4. The molecule has 2 aromatic rings. The highest BCUT2D eigenvalue weighted by atomic mass is 19.3. The molecule has 0 aliphatic carbocycles. The monoisotopic (exact) mass is 533 g/mol. The molecule has 2 amide bonds. The van der Waals surface area contributed by atoms with Gasteiger partial charge in [-0.1, -0.05) is 6.07 Å². The highest BCUT2D eigenvalue weighted by Gasteiger charge is 2.36. The number of pyridine rings is 1. The van der Waals surface area contributed by atoms with Crippen LogP contribution >= 0.6 is 0 Å². The largest absolute Gasteiger partial charge is 0.487 e. The minimum Gasteiger partial charge on any atom is -0.487 e. The van der Waals surface area contributed by atoms with Gasteiger partial charge < -0.3 is 24.0 Å². The maximum absolute atomic E-state index is 12.8. The van der Waals surface area contributed by atoms with Crippen molar-refractivity contribution >= 4 is 17.8 Å². The Balaban J connectivity index is 1.69. The molecule has 0 radical (unpaired) electrons. The molecule has 1 saturated heterocycles. The molecule has 0 unspecified atom stereocenters. The van der Waals surface area contributed by atoms with E-state index >= 15 is 0 Å². The van der Waals surface area contributed by atoms with Crippen molar-refractivity contribution in [2.24, 2.45) is 0 Å². The Bertz CT molecular complexity index is 1140. The fourth-order valence-corrected chi connectivity index (χ4v) is 4.27. The second-order valence-electron chi connectivity index (χ2n) is 9.36. The fraction of sp³-hybridized carbons (Fsp3) is 0.481. The number of ether oxygens (including phenoxy) is 3. The highest BCUT2D eigenvalue weighted by molar-refractivity contribution is 5.95. The van der Waals surface area contributed by atoms with Gasteiger partial charge in [0.05, 0.1) is 17.7 Å². The van der Waals surface area contributed by atoms with Gasteiger partial charge in [0.2, 0.25) is 5.91 Å². The van der Waals surface area contributed by atoms with Crippen molar-refractivity contribution in [2.75, 3.05) is 26.7 Å². The molecule has 1 fully saturated rings. The zero-order valence-corrected chi connectivity index (χ0v) is 22.1. The molecule has 1 aromatic heterocycles. The number of amides is 2. The Morgan fingerprint density at radius 1 is 1.13 bits per heavy atom. The number of carbonyl (C=O) groups excluding carboxylic acids is 3. The van der Waals surface area contributed by atoms with Gasteiger partial charge in [-0.25, -0.2) is 9.78 Å². The molecule has 2 atom stereocenters. The number of rotatable bonds is 10. The number of hydrogen-bond donors (Lipinski definition) is 0. The molecule has 1 aromatic carbocycles. The molecule has 0 N–H and O–H groups in total. The summed E-state index contributed by atoms with van der Waals surface area (Å²) < 4.78 is 41.4. The summed E-state index contributed by atoms with van der Waals surface area (Å²) in [6.07, 6.45) is 1.56. The Morgan fingerprint density at radius 3 is 2.45 bits per heavy atom. The summed E-state index contributed by atoms with van der Waals surface area (Å²) in [4.78, 5) is 44.4. The molecular formula is C27H33F2N3O6. The predicted octanol–water partition coefficient (Wildman–Crippen LogP) is 4.12. The lowest BCUT2D eigenvalue weighted by Crippen LogP contribution is -2.37. The summed E-state index contributed by atoms with van der Waals surface area (Å²) in [5.41, 5.74) is 1.20. The Kier molecular flexibility index (Phi) is 9.60. The van der Waals surface area contributed by atoms with E-state index in [4.69, 9.17) is 9.47 Å². The van der Waals surface area contributed by atoms with Crippen molar-refractivity contribution < 1.29 is 37.4 Å². The summed E-state index contributed by atoms with van der Waals surface area (Å²) in [7, 11) is 1.67. The van der Waals surface area contributed by atoms with Gasteiger partial charge in [0.25, 0.3) is 5.91 Å². The van der Waals surface area contributed by atoms with E-state index in [1.807, 2.05) is 6.92 Å². The Hall–Kier alpha value is -3.76. The molecule has 1 aliphatic rings. The van der Waals surface area contributed by atoms with Gasteiger partial charge in [0.15, 0.2) is 11.5 Å². The van der Waals surface area contributed by atoms with Gasteiger partial charge >= 0.3 is 12.6 Å². The van der Waals surface area contributed by atoms with Gasteiger partial charge in [0.1, 0.15) is 12.3 Å². The number of nitrogens with zero attached hydrogens (tertiary/aromatic N) is 3. The van der Waals surface area contributed by atoms with Crippen molar-refractivity contribution in [3.05, 3.63) is 53.3 Å². The van der Waals surface area contributed by atoms with Gasteiger partial charge in [-0.15, -0.1) is 0 Å². The zero-order valence-electron chi connectivity index (χ0n) is 22.1. The molecule has 1 aliphatic heterocycles. The Morgan fingerprint density at radius 2 is 1.87 bits per heavy atom. The van der Waals surface area contributed by atoms with E-state index in [1.54, 1.807) is 37.9 Å². The third-order valence-electron chi connectivity index (χ3n) is 6.28. The molecule has 2 heterocycles. The number of likely N-dealkylation sites (tertiary alicyclic amines) is 1. The van der Waals surface area contributed by atoms with E-state index in [0.29, 0.717) is 25.1 Å². The lowest BCUT2D eigenvalue weighted by atomic mass is 9.96. The molecule has 38 heavy (non-hydrogen) atoms. The third-order valence-corrected chi connectivity index (χ3v) is 6.28. The van der Waals surface area contributed by atoms with Crippen molar-refractivity contribution in [3.63, 3.8) is 0 Å². The van der Waals surface area contributed by atoms with Gasteiger partial charge in [-0.3, -0.25) is 9.59 Å². The first kappa shape index (κ1) is 28.8.